The van der Waals surface area contributed by atoms with E-state index in [1.807, 2.05) is 6.92 Å². The molecule has 3 amide bonds. The van der Waals surface area contributed by atoms with Crippen LogP contribution in [-0.2, 0) is 19.4 Å². The van der Waals surface area contributed by atoms with Gasteiger partial charge >= 0.3 is 6.03 Å². The third kappa shape index (κ3) is 4.03. The maximum atomic E-state index is 11.9. The summed E-state index contributed by atoms with van der Waals surface area (Å²) >= 11 is 0. The number of hydrogen-bond donors (Lipinski definition) is 3. The maximum absolute atomic E-state index is 11.9. The minimum atomic E-state index is -3.70. The van der Waals surface area contributed by atoms with Crippen LogP contribution in [0.25, 0.3) is 11.7 Å². The van der Waals surface area contributed by atoms with Crippen LogP contribution in [0.4, 0.5) is 10.7 Å². The van der Waals surface area contributed by atoms with Crippen molar-refractivity contribution in [3.05, 3.63) is 17.5 Å². The van der Waals surface area contributed by atoms with E-state index in [1.165, 1.54) is 16.8 Å². The fourth-order valence-corrected chi connectivity index (χ4v) is 2.78. The number of imide groups is 1. The number of hydrogen-bond acceptors (Lipinski definition) is 9. The van der Waals surface area contributed by atoms with Gasteiger partial charge in [0, 0.05) is 25.0 Å². The van der Waals surface area contributed by atoms with Gasteiger partial charge in [-0.05, 0) is 13.0 Å². The van der Waals surface area contributed by atoms with Crippen LogP contribution in [0, 0.1) is 0 Å². The van der Waals surface area contributed by atoms with E-state index in [0.29, 0.717) is 25.3 Å². The van der Waals surface area contributed by atoms with E-state index in [4.69, 9.17) is 4.74 Å². The Morgan fingerprint density at radius 2 is 2.07 bits per heavy atom. The number of fused-ring (bicyclic) bond motifs is 1. The van der Waals surface area contributed by atoms with Gasteiger partial charge in [0.1, 0.15) is 5.70 Å². The summed E-state index contributed by atoms with van der Waals surface area (Å²) in [5.41, 5.74) is 0.494. The predicted octanol–water partition coefficient (Wildman–Crippen LogP) is -0.843. The summed E-state index contributed by atoms with van der Waals surface area (Å²) in [4.78, 5) is 31.0. The van der Waals surface area contributed by atoms with Gasteiger partial charge in [0.2, 0.25) is 15.8 Å². The largest absolute Gasteiger partial charge is 0.380 e. The van der Waals surface area contributed by atoms with E-state index in [2.05, 4.69) is 31.0 Å². The lowest BCUT2D eigenvalue weighted by Crippen LogP contribution is -2.22. The fraction of sp³-hybridized carbons (Fsp3) is 0.357. The average Bonchev–Trinajstić information content (AvgIpc) is 3.14. The number of sulfone groups is 1. The van der Waals surface area contributed by atoms with Crippen molar-refractivity contribution < 1.29 is 22.7 Å². The Labute approximate surface area is 153 Å². The van der Waals surface area contributed by atoms with Crippen LogP contribution in [0.15, 0.2) is 17.1 Å². The first-order valence-corrected chi connectivity index (χ1v) is 9.80. The van der Waals surface area contributed by atoms with Crippen molar-refractivity contribution in [1.29, 1.82) is 0 Å². The number of aromatic nitrogens is 4. The lowest BCUT2D eigenvalue weighted by atomic mass is 10.2. The van der Waals surface area contributed by atoms with Crippen LogP contribution >= 0.6 is 0 Å². The molecule has 1 saturated heterocycles. The van der Waals surface area contributed by atoms with Gasteiger partial charge in [0.25, 0.3) is 11.1 Å². The van der Waals surface area contributed by atoms with Crippen molar-refractivity contribution in [1.82, 2.24) is 30.2 Å². The van der Waals surface area contributed by atoms with E-state index in [-0.39, 0.29) is 17.3 Å². The number of amides is 3. The van der Waals surface area contributed by atoms with Crippen molar-refractivity contribution in [2.45, 2.75) is 12.1 Å². The summed E-state index contributed by atoms with van der Waals surface area (Å²) in [6.45, 7) is 3.16. The molecule has 144 valence electrons. The highest BCUT2D eigenvalue weighted by atomic mass is 32.2. The molecule has 3 rings (SSSR count). The van der Waals surface area contributed by atoms with Crippen molar-refractivity contribution in [2.24, 2.45) is 0 Å². The van der Waals surface area contributed by atoms with E-state index in [0.717, 1.165) is 6.26 Å². The predicted molar refractivity (Wildman–Crippen MR) is 93.5 cm³/mol. The Morgan fingerprint density at radius 1 is 1.30 bits per heavy atom. The van der Waals surface area contributed by atoms with E-state index in [9.17, 15) is 18.0 Å². The second kappa shape index (κ2) is 7.28. The highest BCUT2D eigenvalue weighted by Gasteiger charge is 2.24. The van der Waals surface area contributed by atoms with E-state index >= 15 is 0 Å². The Hall–Kier alpha value is -3.06. The number of anilines is 1. The van der Waals surface area contributed by atoms with Gasteiger partial charge in [0.05, 0.1) is 12.8 Å². The lowest BCUT2D eigenvalue weighted by Gasteiger charge is -2.09. The Balaban J connectivity index is 2.05. The van der Waals surface area contributed by atoms with Crippen molar-refractivity contribution >= 4 is 39.4 Å². The highest BCUT2D eigenvalue weighted by Crippen LogP contribution is 2.18. The Kier molecular flexibility index (Phi) is 5.05. The number of rotatable bonds is 7. The maximum Gasteiger partial charge on any atom is 0.326 e. The third-order valence-electron chi connectivity index (χ3n) is 3.46. The zero-order valence-corrected chi connectivity index (χ0v) is 15.3. The zero-order chi connectivity index (χ0) is 19.6. The summed E-state index contributed by atoms with van der Waals surface area (Å²) in [5, 5.41) is 11.1. The number of urea groups is 1. The smallest absolute Gasteiger partial charge is 0.326 e. The molecule has 0 bridgehead atoms. The van der Waals surface area contributed by atoms with Crippen molar-refractivity contribution in [3.8, 4) is 0 Å². The molecule has 1 fully saturated rings. The van der Waals surface area contributed by atoms with Crippen molar-refractivity contribution in [2.75, 3.05) is 31.3 Å². The van der Waals surface area contributed by atoms with Gasteiger partial charge in [-0.2, -0.15) is 19.6 Å². The summed E-state index contributed by atoms with van der Waals surface area (Å²) in [6.07, 6.45) is 3.72. The summed E-state index contributed by atoms with van der Waals surface area (Å²) < 4.78 is 30.4. The Morgan fingerprint density at radius 3 is 2.70 bits per heavy atom. The monoisotopic (exact) mass is 395 g/mol. The van der Waals surface area contributed by atoms with Gasteiger partial charge in [-0.1, -0.05) is 0 Å². The van der Waals surface area contributed by atoms with Crippen LogP contribution < -0.4 is 16.0 Å². The van der Waals surface area contributed by atoms with Crippen LogP contribution in [-0.4, -0.2) is 66.0 Å². The van der Waals surface area contributed by atoms with Crippen LogP contribution in [0.1, 0.15) is 12.5 Å². The van der Waals surface area contributed by atoms with Crippen LogP contribution in [0.5, 0.6) is 0 Å². The second-order valence-corrected chi connectivity index (χ2v) is 7.44. The van der Waals surface area contributed by atoms with Gasteiger partial charge in [-0.3, -0.25) is 10.1 Å². The molecule has 3 heterocycles. The molecule has 0 atom stereocenters. The molecule has 0 aromatic carbocycles. The molecule has 0 radical (unpaired) electrons. The second-order valence-electron chi connectivity index (χ2n) is 5.53. The number of nitrogens with zero attached hydrogens (tertiary/aromatic N) is 4. The van der Waals surface area contributed by atoms with Crippen LogP contribution in [0.3, 0.4) is 0 Å². The molecule has 3 N–H and O–H groups in total. The summed E-state index contributed by atoms with van der Waals surface area (Å²) in [5.74, 6) is -0.448. The summed E-state index contributed by atoms with van der Waals surface area (Å²) in [6, 6.07) is -0.646. The molecule has 2 aromatic heterocycles. The molecular weight excluding hydrogens is 378 g/mol. The zero-order valence-electron chi connectivity index (χ0n) is 14.5. The summed E-state index contributed by atoms with van der Waals surface area (Å²) in [7, 11) is -3.70. The minimum absolute atomic E-state index is 0.000253. The first kappa shape index (κ1) is 18.7. The molecule has 1 aliphatic heterocycles. The quantitative estimate of drug-likeness (QED) is 0.309. The van der Waals surface area contributed by atoms with E-state index < -0.39 is 26.9 Å². The van der Waals surface area contributed by atoms with Gasteiger partial charge in [-0.25, -0.2) is 13.2 Å². The normalized spacial score (nSPS) is 16.0. The molecule has 0 aliphatic carbocycles. The van der Waals surface area contributed by atoms with E-state index in [1.54, 1.807) is 0 Å². The standard InChI is InChI=1S/C14H17N7O5S/c1-3-26-5-4-15-12-20-14(27(2,24)25)18-10-8(7-16-21(10)12)6-9-11(22)19-13(23)17-9/h6-7H,3-5H2,1-2H3,(H,15,18,20)(H2,17,19,22,23)/b9-6-. The molecule has 1 aliphatic rings. The van der Waals surface area contributed by atoms with Gasteiger partial charge < -0.3 is 15.4 Å². The number of ether oxygens (including phenoxy) is 1. The molecule has 0 spiro atoms. The Bertz CT molecular complexity index is 1040. The molecule has 12 nitrogen and oxygen atoms in total. The molecular formula is C14H17N7O5S. The molecule has 2 aromatic rings. The first-order chi connectivity index (χ1) is 12.8. The van der Waals surface area contributed by atoms with Crippen molar-refractivity contribution in [3.63, 3.8) is 0 Å². The highest BCUT2D eigenvalue weighted by molar-refractivity contribution is 7.90. The topological polar surface area (TPSA) is 157 Å². The van der Waals surface area contributed by atoms with Gasteiger partial charge in [0.15, 0.2) is 5.65 Å². The van der Waals surface area contributed by atoms with Crippen LogP contribution in [0.2, 0.25) is 0 Å². The number of nitrogens with one attached hydrogen (secondary N) is 3. The van der Waals surface area contributed by atoms with Gasteiger partial charge in [-0.15, -0.1) is 0 Å². The molecule has 27 heavy (non-hydrogen) atoms. The number of carbonyl (C=O) groups is 2. The molecule has 0 saturated carbocycles. The molecule has 13 heteroatoms. The third-order valence-corrected chi connectivity index (χ3v) is 4.31. The average molecular weight is 395 g/mol. The lowest BCUT2D eigenvalue weighted by molar-refractivity contribution is -0.115. The SMILES string of the molecule is CCOCCNc1nc(S(C)(=O)=O)nc2c(/C=C3\NC(=O)NC3=O)cnn12. The fourth-order valence-electron chi connectivity index (χ4n) is 2.27. The first-order valence-electron chi connectivity index (χ1n) is 7.91. The molecule has 0 unspecified atom stereocenters. The minimum Gasteiger partial charge on any atom is -0.380 e. The number of carbonyl (C=O) groups excluding carboxylic acids is 2.